The summed E-state index contributed by atoms with van der Waals surface area (Å²) in [6.45, 7) is 0. The Morgan fingerprint density at radius 1 is 0.317 bits per heavy atom. The van der Waals surface area contributed by atoms with Crippen LogP contribution >= 0.6 is 0 Å². The fourth-order valence-electron chi connectivity index (χ4n) is 9.04. The van der Waals surface area contributed by atoms with Gasteiger partial charge in [-0.25, -0.2) is 9.97 Å². The molecule has 4 heterocycles. The van der Waals surface area contributed by atoms with E-state index < -0.39 is 0 Å². The van der Waals surface area contributed by atoms with Crippen LogP contribution in [0.2, 0.25) is 0 Å². The Morgan fingerprint density at radius 2 is 0.800 bits per heavy atom. The van der Waals surface area contributed by atoms with Crippen molar-refractivity contribution in [1.82, 2.24) is 24.1 Å². The lowest BCUT2D eigenvalue weighted by Crippen LogP contribution is -2.01. The number of para-hydroxylation sites is 4. The highest BCUT2D eigenvalue weighted by molar-refractivity contribution is 6.10. The molecule has 5 heteroatoms. The van der Waals surface area contributed by atoms with Gasteiger partial charge in [0.25, 0.3) is 0 Å². The van der Waals surface area contributed by atoms with E-state index >= 15 is 0 Å². The van der Waals surface area contributed by atoms with E-state index in [0.717, 1.165) is 83.5 Å². The lowest BCUT2D eigenvalue weighted by atomic mass is 9.98. The predicted octanol–water partition coefficient (Wildman–Crippen LogP) is 13.9. The number of benzene rings is 8. The molecule has 280 valence electrons. The molecular formula is C55H35N5. The van der Waals surface area contributed by atoms with E-state index in [1.807, 2.05) is 30.5 Å². The third kappa shape index (κ3) is 5.52. The number of rotatable bonds is 6. The zero-order chi connectivity index (χ0) is 39.6. The van der Waals surface area contributed by atoms with Crippen molar-refractivity contribution in [2.75, 3.05) is 0 Å². The van der Waals surface area contributed by atoms with E-state index in [0.29, 0.717) is 5.82 Å². The van der Waals surface area contributed by atoms with Crippen LogP contribution in [0.4, 0.5) is 0 Å². The van der Waals surface area contributed by atoms with E-state index in [4.69, 9.17) is 9.97 Å². The molecule has 12 rings (SSSR count). The van der Waals surface area contributed by atoms with Crippen molar-refractivity contribution >= 4 is 54.5 Å². The highest BCUT2D eigenvalue weighted by Gasteiger charge is 2.19. The summed E-state index contributed by atoms with van der Waals surface area (Å²) in [7, 11) is 0. The fourth-order valence-corrected chi connectivity index (χ4v) is 9.04. The lowest BCUT2D eigenvalue weighted by molar-refractivity contribution is 1.13. The zero-order valence-electron chi connectivity index (χ0n) is 32.4. The van der Waals surface area contributed by atoms with Crippen molar-refractivity contribution in [1.29, 1.82) is 0 Å². The van der Waals surface area contributed by atoms with Gasteiger partial charge in [-0.1, -0.05) is 146 Å². The van der Waals surface area contributed by atoms with Crippen LogP contribution in [0.5, 0.6) is 0 Å². The molecule has 12 aromatic rings. The van der Waals surface area contributed by atoms with Crippen molar-refractivity contribution in [2.24, 2.45) is 0 Å². The molecule has 0 saturated heterocycles. The van der Waals surface area contributed by atoms with Crippen molar-refractivity contribution in [3.63, 3.8) is 0 Å². The molecule has 0 aliphatic carbocycles. The summed E-state index contributed by atoms with van der Waals surface area (Å²) in [5.41, 5.74) is 14.6. The van der Waals surface area contributed by atoms with E-state index in [-0.39, 0.29) is 0 Å². The van der Waals surface area contributed by atoms with Crippen molar-refractivity contribution in [2.45, 2.75) is 0 Å². The van der Waals surface area contributed by atoms with Crippen LogP contribution < -0.4 is 0 Å². The SMILES string of the molecule is c1ccc(-c2nc(-c3ccc(-c4cccc5ncccc45)cc3)cc(-c3cc(-n4c5ccccc5c5ccccc54)cc(-n4c5ccccc5c5ccccc54)c3)n2)cc1. The Kier molecular flexibility index (Phi) is 7.78. The lowest BCUT2D eigenvalue weighted by Gasteiger charge is -2.16. The van der Waals surface area contributed by atoms with Crippen LogP contribution in [0.25, 0.3) is 111 Å². The largest absolute Gasteiger partial charge is 0.309 e. The first-order chi connectivity index (χ1) is 29.7. The molecule has 4 aromatic heterocycles. The van der Waals surface area contributed by atoms with E-state index in [9.17, 15) is 0 Å². The number of hydrogen-bond acceptors (Lipinski definition) is 3. The van der Waals surface area contributed by atoms with Crippen molar-refractivity contribution < 1.29 is 0 Å². The summed E-state index contributed by atoms with van der Waals surface area (Å²) in [6, 6.07) is 73.2. The Balaban J connectivity index is 1.11. The standard InChI is InChI=1S/C55H35N5/c1-2-14-38(15-3-1)55-57-49(37-29-27-36(28-30-37)42-20-12-22-48-43(42)21-13-31-56-48)35-50(58-55)39-32-40(59-51-23-8-4-16-44(51)45-17-5-9-24-52(45)59)34-41(33-39)60-53-25-10-6-18-46(53)47-19-7-11-26-54(47)60/h1-35H. The van der Waals surface area contributed by atoms with Crippen LogP contribution in [0.15, 0.2) is 212 Å². The normalized spacial score (nSPS) is 11.7. The first-order valence-electron chi connectivity index (χ1n) is 20.3. The molecule has 0 amide bonds. The molecule has 0 radical (unpaired) electrons. The molecule has 60 heavy (non-hydrogen) atoms. The Hall–Kier alpha value is -8.15. The van der Waals surface area contributed by atoms with Gasteiger partial charge in [-0.2, -0.15) is 0 Å². The van der Waals surface area contributed by atoms with Gasteiger partial charge in [-0.3, -0.25) is 4.98 Å². The van der Waals surface area contributed by atoms with Gasteiger partial charge in [0.15, 0.2) is 5.82 Å². The van der Waals surface area contributed by atoms with E-state index in [1.165, 1.54) is 21.5 Å². The van der Waals surface area contributed by atoms with Gasteiger partial charge in [0.1, 0.15) is 0 Å². The maximum atomic E-state index is 5.36. The van der Waals surface area contributed by atoms with Crippen LogP contribution in [0.1, 0.15) is 0 Å². The average Bonchev–Trinajstić information content (AvgIpc) is 3.85. The van der Waals surface area contributed by atoms with Crippen LogP contribution in [-0.4, -0.2) is 24.1 Å². The smallest absolute Gasteiger partial charge is 0.160 e. The molecule has 0 spiro atoms. The maximum Gasteiger partial charge on any atom is 0.160 e. The monoisotopic (exact) mass is 765 g/mol. The van der Waals surface area contributed by atoms with Gasteiger partial charge in [0, 0.05) is 61.2 Å². The quantitative estimate of drug-likeness (QED) is 0.169. The summed E-state index contributed by atoms with van der Waals surface area (Å²) in [5.74, 6) is 0.674. The third-order valence-electron chi connectivity index (χ3n) is 11.8. The second-order valence-corrected chi connectivity index (χ2v) is 15.3. The summed E-state index contributed by atoms with van der Waals surface area (Å²) in [6.07, 6.45) is 1.84. The zero-order valence-corrected chi connectivity index (χ0v) is 32.4. The van der Waals surface area contributed by atoms with Crippen LogP contribution in [-0.2, 0) is 0 Å². The second-order valence-electron chi connectivity index (χ2n) is 15.3. The molecule has 0 N–H and O–H groups in total. The van der Waals surface area contributed by atoms with E-state index in [1.54, 1.807) is 0 Å². The Labute approximate surface area is 346 Å². The van der Waals surface area contributed by atoms with Crippen LogP contribution in [0, 0.1) is 0 Å². The van der Waals surface area contributed by atoms with Gasteiger partial charge in [-0.15, -0.1) is 0 Å². The van der Waals surface area contributed by atoms with Gasteiger partial charge >= 0.3 is 0 Å². The summed E-state index contributed by atoms with van der Waals surface area (Å²) < 4.78 is 4.79. The fraction of sp³-hybridized carbons (Fsp3) is 0. The third-order valence-corrected chi connectivity index (χ3v) is 11.8. The predicted molar refractivity (Wildman–Crippen MR) is 248 cm³/mol. The molecule has 0 unspecified atom stereocenters. The van der Waals surface area contributed by atoms with E-state index in [2.05, 4.69) is 196 Å². The minimum Gasteiger partial charge on any atom is -0.309 e. The first-order valence-corrected chi connectivity index (χ1v) is 20.3. The Morgan fingerprint density at radius 3 is 1.37 bits per heavy atom. The molecule has 8 aromatic carbocycles. The molecule has 0 atom stereocenters. The second kappa shape index (κ2) is 13.8. The minimum atomic E-state index is 0.674. The summed E-state index contributed by atoms with van der Waals surface area (Å²) in [5, 5.41) is 6.00. The summed E-state index contributed by atoms with van der Waals surface area (Å²) >= 11 is 0. The highest BCUT2D eigenvalue weighted by Crippen LogP contribution is 2.39. The Bertz CT molecular complexity index is 3350. The highest BCUT2D eigenvalue weighted by atomic mass is 15.0. The molecule has 0 aliphatic rings. The topological polar surface area (TPSA) is 48.5 Å². The number of nitrogens with zero attached hydrogens (tertiary/aromatic N) is 5. The molecule has 0 saturated carbocycles. The van der Waals surface area contributed by atoms with Crippen LogP contribution in [0.3, 0.4) is 0 Å². The molecule has 0 aliphatic heterocycles. The number of hydrogen-bond donors (Lipinski definition) is 0. The molecule has 5 nitrogen and oxygen atoms in total. The molecule has 0 bridgehead atoms. The van der Waals surface area contributed by atoms with Gasteiger partial charge < -0.3 is 9.13 Å². The minimum absolute atomic E-state index is 0.674. The number of fused-ring (bicyclic) bond motifs is 7. The molecule has 0 fully saturated rings. The number of pyridine rings is 1. The van der Waals surface area contributed by atoms with Gasteiger partial charge in [0.2, 0.25) is 0 Å². The van der Waals surface area contributed by atoms with Crippen molar-refractivity contribution in [3.05, 3.63) is 212 Å². The van der Waals surface area contributed by atoms with Gasteiger partial charge in [0.05, 0.1) is 39.0 Å². The number of aromatic nitrogens is 5. The molecular weight excluding hydrogens is 731 g/mol. The average molecular weight is 766 g/mol. The maximum absolute atomic E-state index is 5.36. The van der Waals surface area contributed by atoms with Crippen molar-refractivity contribution in [3.8, 4) is 56.4 Å². The van der Waals surface area contributed by atoms with Gasteiger partial charge in [-0.05, 0) is 71.8 Å². The first kappa shape index (κ1) is 33.9. The summed E-state index contributed by atoms with van der Waals surface area (Å²) in [4.78, 5) is 15.2.